The van der Waals surface area contributed by atoms with Crippen LogP contribution in [0.15, 0.2) is 77.0 Å². The highest BCUT2D eigenvalue weighted by Crippen LogP contribution is 2.21. The molecule has 5 rings (SSSR count). The van der Waals surface area contributed by atoms with E-state index in [1.165, 1.54) is 10.8 Å². The molecule has 0 saturated carbocycles. The first-order valence-corrected chi connectivity index (χ1v) is 12.6. The molecule has 38 heavy (non-hydrogen) atoms. The quantitative estimate of drug-likeness (QED) is 0.258. The maximum atomic E-state index is 13.5. The van der Waals surface area contributed by atoms with Crippen molar-refractivity contribution < 1.29 is 4.79 Å². The summed E-state index contributed by atoms with van der Waals surface area (Å²) >= 11 is 0. The van der Waals surface area contributed by atoms with E-state index >= 15 is 0 Å². The maximum absolute atomic E-state index is 13.5. The lowest BCUT2D eigenvalue weighted by atomic mass is 10.1. The van der Waals surface area contributed by atoms with E-state index in [0.29, 0.717) is 24.4 Å². The van der Waals surface area contributed by atoms with Crippen LogP contribution in [0.5, 0.6) is 0 Å². The highest BCUT2D eigenvalue weighted by atomic mass is 16.2. The van der Waals surface area contributed by atoms with E-state index in [9.17, 15) is 9.59 Å². The van der Waals surface area contributed by atoms with Gasteiger partial charge in [0.15, 0.2) is 5.82 Å². The molecule has 4 aromatic rings. The van der Waals surface area contributed by atoms with Crippen molar-refractivity contribution in [3.63, 3.8) is 0 Å². The second-order valence-electron chi connectivity index (χ2n) is 9.09. The minimum absolute atomic E-state index is 0.184. The number of pyridine rings is 1. The molecule has 3 aromatic heterocycles. The molecule has 0 fully saturated rings. The van der Waals surface area contributed by atoms with Crippen LogP contribution < -0.4 is 21.9 Å². The first-order valence-electron chi connectivity index (χ1n) is 12.6. The van der Waals surface area contributed by atoms with E-state index in [2.05, 4.69) is 30.6 Å². The fourth-order valence-electron chi connectivity index (χ4n) is 4.56. The second-order valence-corrected chi connectivity index (χ2v) is 9.09. The number of aromatic nitrogens is 4. The number of benzene rings is 1. The number of aliphatic imine (C=N–C) groups is 1. The Morgan fingerprint density at radius 3 is 2.82 bits per heavy atom. The summed E-state index contributed by atoms with van der Waals surface area (Å²) in [5.41, 5.74) is 10.4. The van der Waals surface area contributed by atoms with Crippen molar-refractivity contribution in [3.05, 3.63) is 94.6 Å². The number of allylic oxidation sites excluding steroid dienone is 1. The Morgan fingerprint density at radius 2 is 2.05 bits per heavy atom. The first-order chi connectivity index (χ1) is 18.6. The molecular weight excluding hydrogens is 480 g/mol. The third-order valence-electron chi connectivity index (χ3n) is 6.49. The standard InChI is InChI=1S/C28H30N8O2/c29-14-22(24-7-4-10-31-24)25-17-34-27(32-12-8-19-5-2-1-3-6-19)28(38)36(25)18-26(37)33-16-21-13-20-15-30-11-9-23(20)35-21/h1-3,5-6,9,11,13-15,17,35H,4,7-8,10,12,16,18,29H2,(H,32,34)(H,33,37)/b22-14+. The summed E-state index contributed by atoms with van der Waals surface area (Å²) in [7, 11) is 0. The zero-order valence-electron chi connectivity index (χ0n) is 21.0. The number of aromatic amines is 1. The zero-order valence-corrected chi connectivity index (χ0v) is 21.0. The van der Waals surface area contributed by atoms with Gasteiger partial charge in [0.05, 0.1) is 18.4 Å². The van der Waals surface area contributed by atoms with Crippen LogP contribution in [-0.2, 0) is 24.3 Å². The number of amides is 1. The number of nitrogens with zero attached hydrogens (tertiary/aromatic N) is 4. The van der Waals surface area contributed by atoms with E-state index in [4.69, 9.17) is 5.73 Å². The lowest BCUT2D eigenvalue weighted by Crippen LogP contribution is -2.35. The van der Waals surface area contributed by atoms with Gasteiger partial charge in [-0.3, -0.25) is 24.1 Å². The van der Waals surface area contributed by atoms with Gasteiger partial charge in [0.2, 0.25) is 5.91 Å². The van der Waals surface area contributed by atoms with Crippen LogP contribution in [0.3, 0.4) is 0 Å². The number of H-pyrrole nitrogens is 1. The maximum Gasteiger partial charge on any atom is 0.294 e. The van der Waals surface area contributed by atoms with Gasteiger partial charge >= 0.3 is 0 Å². The normalized spacial score (nSPS) is 13.5. The minimum Gasteiger partial charge on any atom is -0.404 e. The third kappa shape index (κ3) is 5.64. The highest BCUT2D eigenvalue weighted by molar-refractivity contribution is 6.23. The van der Waals surface area contributed by atoms with Gasteiger partial charge in [-0.1, -0.05) is 30.3 Å². The van der Waals surface area contributed by atoms with E-state index in [1.54, 1.807) is 18.6 Å². The SMILES string of the molecule is N/C=C(\C1=NCCC1)c1cnc(NCCc2ccccc2)c(=O)n1CC(=O)NCc1cc2cnccc2[nH]1. The Bertz CT molecular complexity index is 1520. The highest BCUT2D eigenvalue weighted by Gasteiger charge is 2.21. The van der Waals surface area contributed by atoms with Gasteiger partial charge in [0.25, 0.3) is 5.56 Å². The number of anilines is 1. The fraction of sp³-hybridized carbons (Fsp3) is 0.250. The molecule has 4 heterocycles. The average molecular weight is 511 g/mol. The number of nitrogens with one attached hydrogen (secondary N) is 3. The molecule has 10 heteroatoms. The van der Waals surface area contributed by atoms with Crippen LogP contribution in [-0.4, -0.2) is 44.2 Å². The molecule has 0 saturated heterocycles. The Hall–Kier alpha value is -4.73. The van der Waals surface area contributed by atoms with Crippen LogP contribution in [0, 0.1) is 0 Å². The predicted octanol–water partition coefficient (Wildman–Crippen LogP) is 2.62. The van der Waals surface area contributed by atoms with Crippen LogP contribution in [0.25, 0.3) is 16.5 Å². The van der Waals surface area contributed by atoms with E-state index in [-0.39, 0.29) is 30.4 Å². The fourth-order valence-corrected chi connectivity index (χ4v) is 4.56. The second kappa shape index (κ2) is 11.5. The first kappa shape index (κ1) is 24.9. The average Bonchev–Trinajstić information content (AvgIpc) is 3.62. The molecule has 0 unspecified atom stereocenters. The van der Waals surface area contributed by atoms with E-state index in [1.807, 2.05) is 42.5 Å². The van der Waals surface area contributed by atoms with E-state index in [0.717, 1.165) is 47.1 Å². The molecular formula is C28H30N8O2. The third-order valence-corrected chi connectivity index (χ3v) is 6.49. The molecule has 0 atom stereocenters. The monoisotopic (exact) mass is 510 g/mol. The Kier molecular flexibility index (Phi) is 7.58. The van der Waals surface area contributed by atoms with Crippen LogP contribution >= 0.6 is 0 Å². The summed E-state index contributed by atoms with van der Waals surface area (Å²) in [5.74, 6) is -0.123. The summed E-state index contributed by atoms with van der Waals surface area (Å²) < 4.78 is 1.42. The zero-order chi connectivity index (χ0) is 26.3. The smallest absolute Gasteiger partial charge is 0.294 e. The van der Waals surface area contributed by atoms with Gasteiger partial charge in [0, 0.05) is 59.6 Å². The molecule has 194 valence electrons. The molecule has 1 aliphatic heterocycles. The van der Waals surface area contributed by atoms with Crippen molar-refractivity contribution in [2.24, 2.45) is 10.7 Å². The topological polar surface area (TPSA) is 143 Å². The number of rotatable bonds is 10. The van der Waals surface area contributed by atoms with Crippen molar-refractivity contribution in [2.45, 2.75) is 32.4 Å². The van der Waals surface area contributed by atoms with Crippen LogP contribution in [0.2, 0.25) is 0 Å². The van der Waals surface area contributed by atoms with Gasteiger partial charge in [0.1, 0.15) is 6.54 Å². The summed E-state index contributed by atoms with van der Waals surface area (Å²) in [6.45, 7) is 1.34. The molecule has 10 nitrogen and oxygen atoms in total. The van der Waals surface area contributed by atoms with Gasteiger partial charge in [-0.15, -0.1) is 0 Å². The molecule has 0 aliphatic carbocycles. The molecule has 0 radical (unpaired) electrons. The summed E-state index contributed by atoms with van der Waals surface area (Å²) in [4.78, 5) is 42.9. The number of fused-ring (bicyclic) bond motifs is 1. The summed E-state index contributed by atoms with van der Waals surface area (Å²) in [5, 5.41) is 7.00. The Labute approximate surface area is 219 Å². The number of carbonyl (C=O) groups excluding carboxylic acids is 1. The summed E-state index contributed by atoms with van der Waals surface area (Å²) in [6.07, 6.45) is 8.91. The molecule has 0 bridgehead atoms. The molecule has 1 amide bonds. The lowest BCUT2D eigenvalue weighted by molar-refractivity contribution is -0.121. The van der Waals surface area contributed by atoms with Crippen molar-refractivity contribution in [2.75, 3.05) is 18.4 Å². The van der Waals surface area contributed by atoms with Gasteiger partial charge in [-0.25, -0.2) is 4.98 Å². The molecule has 5 N–H and O–H groups in total. The Balaban J connectivity index is 1.36. The van der Waals surface area contributed by atoms with E-state index < -0.39 is 0 Å². The molecule has 0 spiro atoms. The van der Waals surface area contributed by atoms with Crippen LogP contribution in [0.4, 0.5) is 5.82 Å². The van der Waals surface area contributed by atoms with Crippen molar-refractivity contribution in [1.29, 1.82) is 0 Å². The number of nitrogens with two attached hydrogens (primary N) is 1. The number of hydrogen-bond acceptors (Lipinski definition) is 7. The lowest BCUT2D eigenvalue weighted by Gasteiger charge is -2.17. The predicted molar refractivity (Wildman–Crippen MR) is 149 cm³/mol. The molecule has 1 aromatic carbocycles. The van der Waals surface area contributed by atoms with Gasteiger partial charge in [-0.2, -0.15) is 0 Å². The van der Waals surface area contributed by atoms with Gasteiger partial charge in [-0.05, 0) is 37.0 Å². The van der Waals surface area contributed by atoms with Crippen LogP contribution in [0.1, 0.15) is 29.8 Å². The summed E-state index contributed by atoms with van der Waals surface area (Å²) in [6, 6.07) is 13.8. The largest absolute Gasteiger partial charge is 0.404 e. The van der Waals surface area contributed by atoms with Crippen molar-refractivity contribution in [3.8, 4) is 0 Å². The number of hydrogen-bond donors (Lipinski definition) is 4. The molecule has 1 aliphatic rings. The Morgan fingerprint density at radius 1 is 1.18 bits per heavy atom. The van der Waals surface area contributed by atoms with Crippen molar-refractivity contribution >= 4 is 33.9 Å². The minimum atomic E-state index is -0.389. The van der Waals surface area contributed by atoms with Gasteiger partial charge < -0.3 is 21.4 Å². The number of carbonyl (C=O) groups is 1. The van der Waals surface area contributed by atoms with Crippen molar-refractivity contribution in [1.82, 2.24) is 24.8 Å².